The number of fused-ring (bicyclic) bond motifs is 1. The number of nitrogens with zero attached hydrogens (tertiary/aromatic N) is 7. The number of anilines is 1. The second-order valence-corrected chi connectivity index (χ2v) is 8.43. The van der Waals surface area contributed by atoms with E-state index in [4.69, 9.17) is 0 Å². The molecule has 1 amide bonds. The van der Waals surface area contributed by atoms with E-state index in [1.54, 1.807) is 40.3 Å². The molecule has 3 aromatic heterocycles. The van der Waals surface area contributed by atoms with Gasteiger partial charge in [0.15, 0.2) is 11.3 Å². The van der Waals surface area contributed by atoms with Crippen LogP contribution in [0.3, 0.4) is 0 Å². The van der Waals surface area contributed by atoms with Gasteiger partial charge in [-0.3, -0.25) is 9.78 Å². The lowest BCUT2D eigenvalue weighted by molar-refractivity contribution is -0.0154. The number of aliphatic hydroxyl groups is 1. The quantitative estimate of drug-likeness (QED) is 0.684. The minimum absolute atomic E-state index is 0.0894. The fraction of sp³-hybridized carbons (Fsp3) is 0.476. The molecule has 0 radical (unpaired) electrons. The Morgan fingerprint density at radius 2 is 1.97 bits per heavy atom. The van der Waals surface area contributed by atoms with Crippen molar-refractivity contribution in [2.24, 2.45) is 5.41 Å². The van der Waals surface area contributed by atoms with Gasteiger partial charge in [-0.25, -0.2) is 14.5 Å². The second-order valence-electron chi connectivity index (χ2n) is 8.43. The molecule has 1 unspecified atom stereocenters. The van der Waals surface area contributed by atoms with Crippen LogP contribution in [0.15, 0.2) is 36.9 Å². The Kier molecular flexibility index (Phi) is 4.62. The molecule has 0 saturated carbocycles. The standard InChI is InChI=1S/C21H25N7O2/c1-15-19(23-8-7-22-15)26-9-4-21(5-10-26)11-16(29)13-27(14-21)20(30)17-12-24-18-3-2-6-25-28(17)18/h2-3,6-8,12,16,29H,4-5,9-11,13-14H2,1H3. The molecule has 1 atom stereocenters. The lowest BCUT2D eigenvalue weighted by Crippen LogP contribution is -2.55. The van der Waals surface area contributed by atoms with Crippen LogP contribution >= 0.6 is 0 Å². The first-order valence-corrected chi connectivity index (χ1v) is 10.3. The molecular formula is C21H25N7O2. The lowest BCUT2D eigenvalue weighted by Gasteiger charge is -2.49. The Bertz CT molecular complexity index is 1070. The van der Waals surface area contributed by atoms with Gasteiger partial charge in [-0.2, -0.15) is 5.10 Å². The van der Waals surface area contributed by atoms with Crippen LogP contribution in [0, 0.1) is 12.3 Å². The van der Waals surface area contributed by atoms with Crippen molar-refractivity contribution in [3.63, 3.8) is 0 Å². The highest BCUT2D eigenvalue weighted by molar-refractivity contribution is 5.93. The largest absolute Gasteiger partial charge is 0.391 e. The molecule has 2 aliphatic heterocycles. The van der Waals surface area contributed by atoms with Crippen LogP contribution in [-0.4, -0.2) is 72.8 Å². The average molecular weight is 407 g/mol. The van der Waals surface area contributed by atoms with Gasteiger partial charge in [-0.1, -0.05) is 0 Å². The van der Waals surface area contributed by atoms with Crippen LogP contribution in [0.4, 0.5) is 5.82 Å². The first kappa shape index (κ1) is 18.9. The molecule has 1 spiro atoms. The topological polar surface area (TPSA) is 99.8 Å². The Labute approximate surface area is 174 Å². The smallest absolute Gasteiger partial charge is 0.274 e. The molecule has 9 heteroatoms. The molecule has 2 fully saturated rings. The number of likely N-dealkylation sites (tertiary alicyclic amines) is 1. The molecule has 0 aromatic carbocycles. The summed E-state index contributed by atoms with van der Waals surface area (Å²) in [5.74, 6) is 0.792. The van der Waals surface area contributed by atoms with E-state index in [1.165, 1.54) is 0 Å². The third-order valence-electron chi connectivity index (χ3n) is 6.39. The summed E-state index contributed by atoms with van der Waals surface area (Å²) in [6.07, 6.45) is 8.63. The Balaban J connectivity index is 1.34. The first-order chi connectivity index (χ1) is 14.5. The second kappa shape index (κ2) is 7.32. The molecular weight excluding hydrogens is 382 g/mol. The summed E-state index contributed by atoms with van der Waals surface area (Å²) in [6, 6.07) is 3.61. The van der Waals surface area contributed by atoms with Crippen LogP contribution < -0.4 is 4.90 Å². The number of β-amino-alcohol motifs (C(OH)–C–C–N with tert-alkyl or cyclic N) is 1. The van der Waals surface area contributed by atoms with E-state index < -0.39 is 6.10 Å². The predicted molar refractivity (Wildman–Crippen MR) is 110 cm³/mol. The fourth-order valence-corrected chi connectivity index (χ4v) is 4.91. The Morgan fingerprint density at radius 3 is 2.77 bits per heavy atom. The summed E-state index contributed by atoms with van der Waals surface area (Å²) in [6.45, 7) is 4.63. The van der Waals surface area contributed by atoms with Gasteiger partial charge in [-0.05, 0) is 43.7 Å². The van der Waals surface area contributed by atoms with Gasteiger partial charge in [0.1, 0.15) is 5.82 Å². The van der Waals surface area contributed by atoms with E-state index in [0.717, 1.165) is 43.9 Å². The first-order valence-electron chi connectivity index (χ1n) is 10.3. The number of aromatic nitrogens is 5. The van der Waals surface area contributed by atoms with E-state index in [1.807, 2.05) is 13.0 Å². The number of carbonyl (C=O) groups excluding carboxylic acids is 1. The maximum Gasteiger partial charge on any atom is 0.274 e. The van der Waals surface area contributed by atoms with Gasteiger partial charge in [0.2, 0.25) is 0 Å². The Morgan fingerprint density at radius 1 is 1.17 bits per heavy atom. The van der Waals surface area contributed by atoms with Crippen molar-refractivity contribution in [1.29, 1.82) is 0 Å². The summed E-state index contributed by atoms with van der Waals surface area (Å²) >= 11 is 0. The van der Waals surface area contributed by atoms with Gasteiger partial charge < -0.3 is 14.9 Å². The highest BCUT2D eigenvalue weighted by atomic mass is 16.3. The number of amides is 1. The normalized spacial score (nSPS) is 21.3. The van der Waals surface area contributed by atoms with Crippen molar-refractivity contribution in [2.45, 2.75) is 32.3 Å². The molecule has 1 N–H and O–H groups in total. The van der Waals surface area contributed by atoms with Crippen molar-refractivity contribution in [3.05, 3.63) is 48.3 Å². The number of aryl methyl sites for hydroxylation is 1. The number of carbonyl (C=O) groups is 1. The number of hydrogen-bond donors (Lipinski definition) is 1. The molecule has 9 nitrogen and oxygen atoms in total. The van der Waals surface area contributed by atoms with Crippen molar-refractivity contribution in [1.82, 2.24) is 29.5 Å². The van der Waals surface area contributed by atoms with Crippen molar-refractivity contribution in [2.75, 3.05) is 31.1 Å². The molecule has 156 valence electrons. The maximum atomic E-state index is 13.3. The molecule has 5 heterocycles. The highest BCUT2D eigenvalue weighted by Crippen LogP contribution is 2.41. The van der Waals surface area contributed by atoms with Gasteiger partial charge >= 0.3 is 0 Å². The molecule has 2 saturated heterocycles. The molecule has 30 heavy (non-hydrogen) atoms. The van der Waals surface area contributed by atoms with E-state index in [-0.39, 0.29) is 11.3 Å². The van der Waals surface area contributed by atoms with E-state index in [0.29, 0.717) is 24.4 Å². The summed E-state index contributed by atoms with van der Waals surface area (Å²) in [7, 11) is 0. The van der Waals surface area contributed by atoms with Crippen molar-refractivity contribution in [3.8, 4) is 0 Å². The minimum Gasteiger partial charge on any atom is -0.391 e. The van der Waals surface area contributed by atoms with Crippen LogP contribution in [0.25, 0.3) is 5.65 Å². The summed E-state index contributed by atoms with van der Waals surface area (Å²) in [5, 5.41) is 14.9. The minimum atomic E-state index is -0.528. The van der Waals surface area contributed by atoms with Gasteiger partial charge in [0, 0.05) is 44.8 Å². The summed E-state index contributed by atoms with van der Waals surface area (Å²) in [4.78, 5) is 30.4. The average Bonchev–Trinajstić information content (AvgIpc) is 3.18. The third-order valence-corrected chi connectivity index (χ3v) is 6.39. The number of hydrogen-bond acceptors (Lipinski definition) is 7. The van der Waals surface area contributed by atoms with E-state index in [9.17, 15) is 9.90 Å². The number of piperidine rings is 2. The highest BCUT2D eigenvalue weighted by Gasteiger charge is 2.43. The zero-order valence-electron chi connectivity index (χ0n) is 17.0. The molecule has 3 aromatic rings. The SMILES string of the molecule is Cc1nccnc1N1CCC2(CC1)CC(O)CN(C(=O)c1cnc3cccnn13)C2. The molecule has 2 aliphatic rings. The zero-order valence-corrected chi connectivity index (χ0v) is 17.0. The van der Waals surface area contributed by atoms with Gasteiger partial charge in [0.05, 0.1) is 18.0 Å². The summed E-state index contributed by atoms with van der Waals surface area (Å²) in [5.41, 5.74) is 1.91. The Hall–Kier alpha value is -3.07. The third kappa shape index (κ3) is 3.28. The van der Waals surface area contributed by atoms with Crippen molar-refractivity contribution < 1.29 is 9.90 Å². The fourth-order valence-electron chi connectivity index (χ4n) is 4.91. The summed E-state index contributed by atoms with van der Waals surface area (Å²) < 4.78 is 1.56. The van der Waals surface area contributed by atoms with E-state index >= 15 is 0 Å². The number of imidazole rings is 1. The molecule has 5 rings (SSSR count). The number of aliphatic hydroxyl groups excluding tert-OH is 1. The van der Waals surface area contributed by atoms with Crippen molar-refractivity contribution >= 4 is 17.4 Å². The molecule has 0 aliphatic carbocycles. The maximum absolute atomic E-state index is 13.3. The monoisotopic (exact) mass is 407 g/mol. The molecule has 0 bridgehead atoms. The predicted octanol–water partition coefficient (Wildman–Crippen LogP) is 1.32. The van der Waals surface area contributed by atoms with Crippen LogP contribution in [0.1, 0.15) is 35.4 Å². The van der Waals surface area contributed by atoms with Gasteiger partial charge in [-0.15, -0.1) is 0 Å². The van der Waals surface area contributed by atoms with E-state index in [2.05, 4.69) is 25.0 Å². The lowest BCUT2D eigenvalue weighted by atomic mass is 9.71. The van der Waals surface area contributed by atoms with Crippen LogP contribution in [0.2, 0.25) is 0 Å². The van der Waals surface area contributed by atoms with Crippen LogP contribution in [-0.2, 0) is 0 Å². The zero-order chi connectivity index (χ0) is 20.7. The van der Waals surface area contributed by atoms with Gasteiger partial charge in [0.25, 0.3) is 5.91 Å². The van der Waals surface area contributed by atoms with Crippen LogP contribution in [0.5, 0.6) is 0 Å². The number of rotatable bonds is 2.